The summed E-state index contributed by atoms with van der Waals surface area (Å²) in [4.78, 5) is 19.8. The molecule has 3 heterocycles. The summed E-state index contributed by atoms with van der Waals surface area (Å²) in [5.74, 6) is 0.409. The number of hydrogen-bond acceptors (Lipinski definition) is 3. The molecule has 3 aromatic heterocycles. The van der Waals surface area contributed by atoms with Crippen LogP contribution in [0.5, 0.6) is 0 Å². The molecule has 0 aliphatic carbocycles. The number of carbonyl (C=O) groups excluding carboxylic acids is 1. The molecular formula is C24H20N4O3S+2. The maximum atomic E-state index is 13.3. The van der Waals surface area contributed by atoms with Crippen molar-refractivity contribution in [2.45, 2.75) is 4.90 Å². The maximum Gasteiger partial charge on any atom is 0.300 e. The van der Waals surface area contributed by atoms with Crippen molar-refractivity contribution in [3.05, 3.63) is 91.0 Å². The highest BCUT2D eigenvalue weighted by Crippen LogP contribution is 2.24. The van der Waals surface area contributed by atoms with E-state index in [4.69, 9.17) is 0 Å². The molecule has 0 fully saturated rings. The summed E-state index contributed by atoms with van der Waals surface area (Å²) in [6.45, 7) is 0. The summed E-state index contributed by atoms with van der Waals surface area (Å²) in [5.41, 5.74) is 2.59. The van der Waals surface area contributed by atoms with Gasteiger partial charge in [-0.2, -0.15) is 4.40 Å². The van der Waals surface area contributed by atoms with Crippen molar-refractivity contribution in [3.63, 3.8) is 0 Å². The van der Waals surface area contributed by atoms with E-state index in [-0.39, 0.29) is 10.8 Å². The van der Waals surface area contributed by atoms with E-state index < -0.39 is 9.84 Å². The monoisotopic (exact) mass is 444 g/mol. The van der Waals surface area contributed by atoms with Crippen LogP contribution in [0.25, 0.3) is 27.7 Å². The summed E-state index contributed by atoms with van der Waals surface area (Å²) >= 11 is 0. The van der Waals surface area contributed by atoms with Crippen molar-refractivity contribution in [2.75, 3.05) is 11.6 Å². The highest BCUT2D eigenvalue weighted by Gasteiger charge is 2.25. The number of pyridine rings is 2. The number of rotatable bonds is 4. The zero-order valence-electron chi connectivity index (χ0n) is 17.2. The second-order valence-electron chi connectivity index (χ2n) is 7.51. The average molecular weight is 445 g/mol. The van der Waals surface area contributed by atoms with Gasteiger partial charge in [0.1, 0.15) is 0 Å². The third-order valence-electron chi connectivity index (χ3n) is 5.36. The Labute approximate surface area is 184 Å². The number of aromatic nitrogens is 3. The summed E-state index contributed by atoms with van der Waals surface area (Å²) in [6.07, 6.45) is 6.73. The first-order valence-electron chi connectivity index (χ1n) is 9.95. The smallest absolute Gasteiger partial charge is 0.300 e. The Kier molecular flexibility index (Phi) is 4.71. The molecule has 0 radical (unpaired) electrons. The first-order chi connectivity index (χ1) is 15.4. The molecule has 8 heteroatoms. The molecule has 0 bridgehead atoms. The number of aromatic amines is 2. The number of H-pyrrole nitrogens is 2. The highest BCUT2D eigenvalue weighted by molar-refractivity contribution is 7.90. The molecule has 32 heavy (non-hydrogen) atoms. The Morgan fingerprint density at radius 2 is 1.81 bits per heavy atom. The van der Waals surface area contributed by atoms with Gasteiger partial charge in [-0.25, -0.2) is 18.4 Å². The fourth-order valence-corrected chi connectivity index (χ4v) is 4.42. The summed E-state index contributed by atoms with van der Waals surface area (Å²) < 4.78 is 25.4. The normalized spacial score (nSPS) is 11.7. The van der Waals surface area contributed by atoms with Crippen LogP contribution in [-0.4, -0.2) is 25.6 Å². The van der Waals surface area contributed by atoms with Crippen molar-refractivity contribution in [1.29, 1.82) is 0 Å². The molecule has 7 nitrogen and oxygen atoms in total. The summed E-state index contributed by atoms with van der Waals surface area (Å²) in [7, 11) is -3.29. The number of amides is 1. The van der Waals surface area contributed by atoms with Gasteiger partial charge < -0.3 is 5.32 Å². The molecule has 5 rings (SSSR count). The van der Waals surface area contributed by atoms with Crippen molar-refractivity contribution >= 4 is 37.7 Å². The van der Waals surface area contributed by atoms with Crippen LogP contribution >= 0.6 is 0 Å². The predicted molar refractivity (Wildman–Crippen MR) is 121 cm³/mol. The van der Waals surface area contributed by atoms with E-state index >= 15 is 0 Å². The minimum atomic E-state index is -3.29. The zero-order valence-corrected chi connectivity index (χ0v) is 18.0. The van der Waals surface area contributed by atoms with Gasteiger partial charge in [-0.15, -0.1) is 0 Å². The Hall–Kier alpha value is -4.04. The number of benzene rings is 2. The third kappa shape index (κ3) is 3.50. The number of carbonyl (C=O) groups is 1. The van der Waals surface area contributed by atoms with Crippen LogP contribution in [0.2, 0.25) is 0 Å². The molecule has 5 aromatic rings. The first kappa shape index (κ1) is 19.9. The third-order valence-corrected chi connectivity index (χ3v) is 6.48. The van der Waals surface area contributed by atoms with E-state index in [1.54, 1.807) is 24.3 Å². The van der Waals surface area contributed by atoms with Gasteiger partial charge in [-0.3, -0.25) is 4.79 Å². The lowest BCUT2D eigenvalue weighted by molar-refractivity contribution is -0.498. The SMILES string of the molecule is CS(=O)(=O)c1ccc(-c2[nH]c(C(=O)Nc3cccc4c[nH+]ccc34)c3cccc[n+]23)cc1. The molecule has 0 spiro atoms. The Bertz CT molecular complexity index is 1580. The molecule has 1 amide bonds. The van der Waals surface area contributed by atoms with Gasteiger partial charge in [-0.05, 0) is 48.5 Å². The largest absolute Gasteiger partial charge is 0.318 e. The Morgan fingerprint density at radius 1 is 1.00 bits per heavy atom. The second-order valence-corrected chi connectivity index (χ2v) is 9.52. The summed E-state index contributed by atoms with van der Waals surface area (Å²) in [6, 6.07) is 19.8. The van der Waals surface area contributed by atoms with Gasteiger partial charge >= 0.3 is 0 Å². The quantitative estimate of drug-likeness (QED) is 0.417. The van der Waals surface area contributed by atoms with Gasteiger partial charge in [-0.1, -0.05) is 12.1 Å². The highest BCUT2D eigenvalue weighted by atomic mass is 32.2. The van der Waals surface area contributed by atoms with Crippen LogP contribution in [0.15, 0.2) is 90.2 Å². The van der Waals surface area contributed by atoms with Gasteiger partial charge in [0.25, 0.3) is 11.7 Å². The van der Waals surface area contributed by atoms with Crippen molar-refractivity contribution in [3.8, 4) is 11.4 Å². The van der Waals surface area contributed by atoms with Crippen LogP contribution in [0.1, 0.15) is 10.5 Å². The van der Waals surface area contributed by atoms with Crippen LogP contribution in [-0.2, 0) is 9.84 Å². The van der Waals surface area contributed by atoms with Gasteiger partial charge in [0.2, 0.25) is 5.69 Å². The van der Waals surface area contributed by atoms with E-state index in [9.17, 15) is 13.2 Å². The van der Waals surface area contributed by atoms with Crippen LogP contribution in [0.4, 0.5) is 5.69 Å². The second kappa shape index (κ2) is 7.58. The van der Waals surface area contributed by atoms with E-state index in [2.05, 4.69) is 15.3 Å². The van der Waals surface area contributed by atoms with Crippen molar-refractivity contribution in [1.82, 2.24) is 4.98 Å². The molecule has 0 saturated carbocycles. The molecule has 0 atom stereocenters. The lowest BCUT2D eigenvalue weighted by atomic mass is 10.1. The number of sulfone groups is 1. The number of hydrogen-bond donors (Lipinski definition) is 2. The molecule has 0 aliphatic heterocycles. The number of anilines is 1. The average Bonchev–Trinajstić information content (AvgIpc) is 3.19. The molecule has 2 aromatic carbocycles. The van der Waals surface area contributed by atoms with E-state index in [1.807, 2.05) is 65.5 Å². The minimum absolute atomic E-state index is 0.244. The molecule has 0 unspecified atom stereocenters. The van der Waals surface area contributed by atoms with Crippen LogP contribution < -0.4 is 14.7 Å². The first-order valence-corrected chi connectivity index (χ1v) is 11.8. The number of nitrogens with one attached hydrogen (secondary N) is 3. The topological polar surface area (TPSA) is 97.3 Å². The summed E-state index contributed by atoms with van der Waals surface area (Å²) in [5, 5.41) is 4.93. The van der Waals surface area contributed by atoms with E-state index in [0.717, 1.165) is 16.3 Å². The standard InChI is InChI=1S/C24H18N4O3S/c1-32(30,31)18-10-8-16(9-11-18)23-27-22(21-7-2-3-14-28(21)23)24(29)26-20-6-4-5-17-15-25-13-12-19(17)20/h2-15H,1H3,(H,26,29)/p+2. The fraction of sp³-hybridized carbons (Fsp3) is 0.0417. The molecular weight excluding hydrogens is 424 g/mol. The van der Waals surface area contributed by atoms with Crippen molar-refractivity contribution in [2.24, 2.45) is 0 Å². The predicted octanol–water partition coefficient (Wildman–Crippen LogP) is 3.04. The number of fused-ring (bicyclic) bond motifs is 2. The minimum Gasteiger partial charge on any atom is -0.318 e. The van der Waals surface area contributed by atoms with Gasteiger partial charge in [0.05, 0.1) is 16.7 Å². The van der Waals surface area contributed by atoms with E-state index in [0.29, 0.717) is 22.7 Å². The lowest BCUT2D eigenvalue weighted by Gasteiger charge is -2.05. The van der Waals surface area contributed by atoms with Gasteiger partial charge in [0.15, 0.2) is 27.7 Å². The zero-order chi connectivity index (χ0) is 22.3. The molecule has 0 saturated heterocycles. The Balaban J connectivity index is 1.57. The molecule has 0 aliphatic rings. The maximum absolute atomic E-state index is 13.3. The number of nitrogens with zero attached hydrogens (tertiary/aromatic N) is 1. The Morgan fingerprint density at radius 3 is 2.59 bits per heavy atom. The lowest BCUT2D eigenvalue weighted by Crippen LogP contribution is -2.22. The fourth-order valence-electron chi connectivity index (χ4n) is 3.79. The molecule has 3 N–H and O–H groups in total. The number of imidazole rings is 1. The van der Waals surface area contributed by atoms with Crippen LogP contribution in [0.3, 0.4) is 0 Å². The van der Waals surface area contributed by atoms with Crippen LogP contribution in [0, 0.1) is 0 Å². The molecule has 158 valence electrons. The van der Waals surface area contributed by atoms with E-state index in [1.165, 1.54) is 6.26 Å². The van der Waals surface area contributed by atoms with Gasteiger partial charge in [0, 0.05) is 28.8 Å². The van der Waals surface area contributed by atoms with Crippen molar-refractivity contribution < 1.29 is 22.6 Å².